The zero-order valence-corrected chi connectivity index (χ0v) is 29.4. The Bertz CT molecular complexity index is 1550. The molecule has 2 heterocycles. The molecule has 0 fully saturated rings. The zero-order valence-electron chi connectivity index (χ0n) is 26.3. The van der Waals surface area contributed by atoms with Crippen LogP contribution in [0.3, 0.4) is 0 Å². The second-order valence-corrected chi connectivity index (χ2v) is 12.7. The summed E-state index contributed by atoms with van der Waals surface area (Å²) < 4.78 is 17.3. The normalized spacial score (nSPS) is 11.2. The molecule has 5 aromatic rings. The smallest absolute Gasteiger partial charge is 0.133 e. The number of ether oxygens (including phenoxy) is 2. The lowest BCUT2D eigenvalue weighted by Gasteiger charge is -2.09. The minimum absolute atomic E-state index is 0.637. The predicted molar refractivity (Wildman–Crippen MR) is 188 cm³/mol. The summed E-state index contributed by atoms with van der Waals surface area (Å²) in [5, 5.41) is 23.7. The third kappa shape index (κ3) is 9.71. The second-order valence-electron chi connectivity index (χ2n) is 11.0. The molecule has 0 bridgehead atoms. The number of aryl methyl sites for hydroxylation is 4. The number of aromatic nitrogens is 6. The molecule has 0 saturated carbocycles. The molecule has 46 heavy (non-hydrogen) atoms. The van der Waals surface area contributed by atoms with Crippen LogP contribution in [-0.2, 0) is 25.9 Å². The first-order valence-corrected chi connectivity index (χ1v) is 17.1. The molecule has 0 amide bonds. The minimum atomic E-state index is 0.637. The maximum absolute atomic E-state index is 5.78. The van der Waals surface area contributed by atoms with E-state index in [2.05, 4.69) is 112 Å². The van der Waals surface area contributed by atoms with Gasteiger partial charge in [-0.2, -0.15) is 0 Å². The van der Waals surface area contributed by atoms with Gasteiger partial charge in [0.1, 0.15) is 36.1 Å². The number of halogens is 2. The standard InChI is InChI=1S/C34H40Br2N8O2/c1-37-15-19-45-33-13-7-25(21-29(33)35)5-3-17-43-23-31(39-41-43)27-9-11-28(12-10-27)32-24-44(42-40-32)18-4-6-26-8-14-34(30(36)22-26)46-20-16-38-2/h7-14,21-24,37-38H,3-6,15-20H2,1-2H3. The highest BCUT2D eigenvalue weighted by molar-refractivity contribution is 9.10. The average Bonchev–Trinajstić information content (AvgIpc) is 3.74. The van der Waals surface area contributed by atoms with Gasteiger partial charge in [0.15, 0.2) is 0 Å². The van der Waals surface area contributed by atoms with Crippen LogP contribution < -0.4 is 20.1 Å². The number of nitrogens with one attached hydrogen (secondary N) is 2. The Morgan fingerprint density at radius 2 is 1.07 bits per heavy atom. The van der Waals surface area contributed by atoms with Gasteiger partial charge < -0.3 is 20.1 Å². The van der Waals surface area contributed by atoms with E-state index in [-0.39, 0.29) is 0 Å². The monoisotopic (exact) mass is 750 g/mol. The Hall–Kier alpha value is -3.58. The van der Waals surface area contributed by atoms with Crippen LogP contribution in [0.1, 0.15) is 24.0 Å². The Morgan fingerprint density at radius 3 is 1.46 bits per heavy atom. The van der Waals surface area contributed by atoms with Crippen molar-refractivity contribution in [3.63, 3.8) is 0 Å². The molecule has 0 aliphatic heterocycles. The molecule has 12 heteroatoms. The molecule has 0 aliphatic rings. The fourth-order valence-corrected chi connectivity index (χ4v) is 6.02. The SMILES string of the molecule is CNCCOc1ccc(CCCn2cc(-c3ccc(-c4cn(CCCc5ccc(OCCNC)c(Br)c5)nn4)cc3)nn2)cc1Br. The number of nitrogens with zero attached hydrogens (tertiary/aromatic N) is 6. The molecule has 0 saturated heterocycles. The van der Waals surface area contributed by atoms with E-state index in [0.29, 0.717) is 13.2 Å². The summed E-state index contributed by atoms with van der Waals surface area (Å²) in [6, 6.07) is 20.8. The van der Waals surface area contributed by atoms with Gasteiger partial charge in [0.25, 0.3) is 0 Å². The van der Waals surface area contributed by atoms with E-state index in [9.17, 15) is 0 Å². The second kappa shape index (κ2) is 17.4. The molecule has 3 aromatic carbocycles. The Morgan fingerprint density at radius 1 is 0.630 bits per heavy atom. The summed E-state index contributed by atoms with van der Waals surface area (Å²) in [4.78, 5) is 0. The highest BCUT2D eigenvalue weighted by Crippen LogP contribution is 2.28. The van der Waals surface area contributed by atoms with Gasteiger partial charge in [0.2, 0.25) is 0 Å². The summed E-state index contributed by atoms with van der Waals surface area (Å²) >= 11 is 7.25. The van der Waals surface area contributed by atoms with Crippen molar-refractivity contribution in [2.45, 2.75) is 38.8 Å². The van der Waals surface area contributed by atoms with Gasteiger partial charge in [-0.1, -0.05) is 46.8 Å². The Kier molecular flexibility index (Phi) is 12.8. The maximum atomic E-state index is 5.78. The summed E-state index contributed by atoms with van der Waals surface area (Å²) in [7, 11) is 3.83. The molecular formula is C34H40Br2N8O2. The van der Waals surface area contributed by atoms with E-state index in [1.54, 1.807) is 0 Å². The molecule has 0 unspecified atom stereocenters. The van der Waals surface area contributed by atoms with Crippen LogP contribution >= 0.6 is 31.9 Å². The molecule has 10 nitrogen and oxygen atoms in total. The van der Waals surface area contributed by atoms with Crippen LogP contribution in [0.25, 0.3) is 22.5 Å². The molecule has 0 radical (unpaired) electrons. The fraction of sp³-hybridized carbons (Fsp3) is 0.353. The van der Waals surface area contributed by atoms with Gasteiger partial charge in [-0.15, -0.1) is 10.2 Å². The summed E-state index contributed by atoms with van der Waals surface area (Å²) in [5.74, 6) is 1.73. The summed E-state index contributed by atoms with van der Waals surface area (Å²) in [6.45, 7) is 4.48. The van der Waals surface area contributed by atoms with Gasteiger partial charge >= 0.3 is 0 Å². The van der Waals surface area contributed by atoms with Gasteiger partial charge in [0, 0.05) is 37.3 Å². The van der Waals surface area contributed by atoms with E-state index in [1.807, 2.05) is 48.0 Å². The molecular weight excluding hydrogens is 712 g/mol. The van der Waals surface area contributed by atoms with Crippen LogP contribution in [-0.4, -0.2) is 70.4 Å². The van der Waals surface area contributed by atoms with Crippen molar-refractivity contribution in [1.82, 2.24) is 40.6 Å². The number of benzene rings is 3. The van der Waals surface area contributed by atoms with Crippen LogP contribution in [0.5, 0.6) is 11.5 Å². The number of hydrogen-bond donors (Lipinski definition) is 2. The predicted octanol–water partition coefficient (Wildman–Crippen LogP) is 6.19. The van der Waals surface area contributed by atoms with Crippen LogP contribution in [0.2, 0.25) is 0 Å². The zero-order chi connectivity index (χ0) is 32.1. The lowest BCUT2D eigenvalue weighted by atomic mass is 10.1. The lowest BCUT2D eigenvalue weighted by Crippen LogP contribution is -2.16. The van der Waals surface area contributed by atoms with Gasteiger partial charge in [-0.05, 0) is 107 Å². The van der Waals surface area contributed by atoms with Crippen LogP contribution in [0, 0.1) is 0 Å². The van der Waals surface area contributed by atoms with Gasteiger partial charge in [0.05, 0.1) is 21.3 Å². The summed E-state index contributed by atoms with van der Waals surface area (Å²) in [6.07, 6.45) is 7.81. The van der Waals surface area contributed by atoms with Crippen molar-refractivity contribution < 1.29 is 9.47 Å². The van der Waals surface area contributed by atoms with Crippen molar-refractivity contribution in [2.24, 2.45) is 0 Å². The lowest BCUT2D eigenvalue weighted by molar-refractivity contribution is 0.316. The Balaban J connectivity index is 1.07. The largest absolute Gasteiger partial charge is 0.491 e. The van der Waals surface area contributed by atoms with Crippen molar-refractivity contribution in [3.8, 4) is 34.0 Å². The first kappa shape index (κ1) is 33.8. The number of hydrogen-bond acceptors (Lipinski definition) is 8. The van der Waals surface area contributed by atoms with Crippen molar-refractivity contribution in [2.75, 3.05) is 40.4 Å². The molecule has 5 rings (SSSR count). The van der Waals surface area contributed by atoms with Gasteiger partial charge in [-0.25, -0.2) is 0 Å². The first-order valence-electron chi connectivity index (χ1n) is 15.5. The molecule has 0 aliphatic carbocycles. The van der Waals surface area contributed by atoms with E-state index >= 15 is 0 Å². The van der Waals surface area contributed by atoms with Crippen molar-refractivity contribution in [1.29, 1.82) is 0 Å². The van der Waals surface area contributed by atoms with Crippen molar-refractivity contribution >= 4 is 31.9 Å². The van der Waals surface area contributed by atoms with E-state index in [1.165, 1.54) is 11.1 Å². The van der Waals surface area contributed by atoms with Gasteiger partial charge in [-0.3, -0.25) is 9.36 Å². The quantitative estimate of drug-likeness (QED) is 0.102. The number of likely N-dealkylation sites (N-methyl/N-ethyl adjacent to an activating group) is 2. The third-order valence-electron chi connectivity index (χ3n) is 7.47. The first-order chi connectivity index (χ1) is 22.5. The third-order valence-corrected chi connectivity index (χ3v) is 8.71. The van der Waals surface area contributed by atoms with Crippen LogP contribution in [0.15, 0.2) is 82.0 Å². The highest BCUT2D eigenvalue weighted by atomic mass is 79.9. The Labute approximate surface area is 287 Å². The van der Waals surface area contributed by atoms with E-state index in [4.69, 9.17) is 9.47 Å². The molecule has 0 atom stereocenters. The minimum Gasteiger partial charge on any atom is -0.491 e. The fourth-order valence-electron chi connectivity index (χ4n) is 4.94. The molecule has 2 aromatic heterocycles. The molecule has 0 spiro atoms. The number of rotatable bonds is 18. The van der Waals surface area contributed by atoms with Crippen molar-refractivity contribution in [3.05, 3.63) is 93.1 Å². The van der Waals surface area contributed by atoms with E-state index < -0.39 is 0 Å². The highest BCUT2D eigenvalue weighted by Gasteiger charge is 2.09. The average molecular weight is 753 g/mol. The maximum Gasteiger partial charge on any atom is 0.133 e. The molecule has 2 N–H and O–H groups in total. The summed E-state index contributed by atoms with van der Waals surface area (Å²) in [5.41, 5.74) is 6.25. The topological polar surface area (TPSA) is 104 Å². The van der Waals surface area contributed by atoms with Crippen LogP contribution in [0.4, 0.5) is 0 Å². The molecule has 242 valence electrons. The van der Waals surface area contributed by atoms with E-state index in [0.717, 1.165) is 94.8 Å².